The number of ether oxygens (including phenoxy) is 1. The fraction of sp³-hybridized carbons (Fsp3) is 0.846. The maximum Gasteiger partial charge on any atom is 0.311 e. The van der Waals surface area contributed by atoms with E-state index in [1.165, 1.54) is 0 Å². The second-order valence-corrected chi connectivity index (χ2v) is 5.37. The molecule has 2 aliphatic rings. The second kappa shape index (κ2) is 5.69. The van der Waals surface area contributed by atoms with Gasteiger partial charge in [-0.3, -0.25) is 9.59 Å². The van der Waals surface area contributed by atoms with Crippen LogP contribution < -0.4 is 5.32 Å². The Hall–Kier alpha value is -1.10. The lowest BCUT2D eigenvalue weighted by Crippen LogP contribution is -2.46. The quantitative estimate of drug-likeness (QED) is 0.794. The van der Waals surface area contributed by atoms with Gasteiger partial charge in [0.2, 0.25) is 5.91 Å². The summed E-state index contributed by atoms with van der Waals surface area (Å²) in [6.45, 7) is 0.864. The predicted molar refractivity (Wildman–Crippen MR) is 65.1 cm³/mol. The summed E-state index contributed by atoms with van der Waals surface area (Å²) < 4.78 is 5.29. The van der Waals surface area contributed by atoms with Crippen LogP contribution >= 0.6 is 0 Å². The van der Waals surface area contributed by atoms with Crippen molar-refractivity contribution < 1.29 is 19.4 Å². The summed E-state index contributed by atoms with van der Waals surface area (Å²) >= 11 is 0. The molecule has 2 rings (SSSR count). The third kappa shape index (κ3) is 2.83. The van der Waals surface area contributed by atoms with Crippen LogP contribution in [0, 0.1) is 5.41 Å². The van der Waals surface area contributed by atoms with Crippen molar-refractivity contribution in [2.24, 2.45) is 5.41 Å². The van der Waals surface area contributed by atoms with Crippen LogP contribution in [-0.4, -0.2) is 36.2 Å². The first-order chi connectivity index (χ1) is 8.64. The number of carboxylic acids is 1. The molecule has 0 spiro atoms. The van der Waals surface area contributed by atoms with E-state index in [4.69, 9.17) is 4.74 Å². The Balaban J connectivity index is 1.89. The summed E-state index contributed by atoms with van der Waals surface area (Å²) in [5.41, 5.74) is -0.757. The fourth-order valence-corrected chi connectivity index (χ4v) is 2.85. The van der Waals surface area contributed by atoms with Gasteiger partial charge in [-0.1, -0.05) is 19.3 Å². The van der Waals surface area contributed by atoms with Crippen LogP contribution in [0.5, 0.6) is 0 Å². The maximum absolute atomic E-state index is 11.8. The van der Waals surface area contributed by atoms with Gasteiger partial charge in [0, 0.05) is 13.2 Å². The van der Waals surface area contributed by atoms with Crippen LogP contribution in [0.2, 0.25) is 0 Å². The molecular formula is C13H21NO4. The first kappa shape index (κ1) is 13.3. The molecule has 0 radical (unpaired) electrons. The second-order valence-electron chi connectivity index (χ2n) is 5.37. The molecule has 0 aromatic heterocycles. The molecule has 0 aromatic carbocycles. The smallest absolute Gasteiger partial charge is 0.311 e. The van der Waals surface area contributed by atoms with Gasteiger partial charge in [0.25, 0.3) is 0 Å². The SMILES string of the molecule is O=C(NCC1(C(=O)O)CCCCC1)[C@H]1CCCO1. The van der Waals surface area contributed by atoms with Gasteiger partial charge < -0.3 is 15.2 Å². The zero-order valence-electron chi connectivity index (χ0n) is 10.6. The highest BCUT2D eigenvalue weighted by atomic mass is 16.5. The molecule has 5 nitrogen and oxygen atoms in total. The Morgan fingerprint density at radius 1 is 1.22 bits per heavy atom. The summed E-state index contributed by atoms with van der Waals surface area (Å²) in [7, 11) is 0. The van der Waals surface area contributed by atoms with Crippen molar-refractivity contribution >= 4 is 11.9 Å². The molecule has 0 aromatic rings. The first-order valence-corrected chi connectivity index (χ1v) is 6.77. The van der Waals surface area contributed by atoms with Crippen LogP contribution in [0.3, 0.4) is 0 Å². The van der Waals surface area contributed by atoms with Crippen LogP contribution in [0.1, 0.15) is 44.9 Å². The van der Waals surface area contributed by atoms with Crippen LogP contribution in [-0.2, 0) is 14.3 Å². The lowest BCUT2D eigenvalue weighted by Gasteiger charge is -2.33. The van der Waals surface area contributed by atoms with Crippen molar-refractivity contribution in [2.45, 2.75) is 51.0 Å². The van der Waals surface area contributed by atoms with Crippen LogP contribution in [0.4, 0.5) is 0 Å². The summed E-state index contributed by atoms with van der Waals surface area (Å²) in [6.07, 6.45) is 5.55. The van der Waals surface area contributed by atoms with Gasteiger partial charge >= 0.3 is 5.97 Å². The summed E-state index contributed by atoms with van der Waals surface area (Å²) in [6, 6.07) is 0. The Kier molecular flexibility index (Phi) is 4.22. The van der Waals surface area contributed by atoms with Crippen molar-refractivity contribution in [1.29, 1.82) is 0 Å². The number of aliphatic carboxylic acids is 1. The van der Waals surface area contributed by atoms with E-state index in [-0.39, 0.29) is 18.6 Å². The highest BCUT2D eigenvalue weighted by Crippen LogP contribution is 2.36. The molecule has 1 heterocycles. The van der Waals surface area contributed by atoms with Gasteiger partial charge in [0.15, 0.2) is 0 Å². The number of rotatable bonds is 4. The molecule has 5 heteroatoms. The zero-order chi connectivity index (χ0) is 13.0. The molecule has 102 valence electrons. The molecule has 1 amide bonds. The predicted octanol–water partition coefficient (Wildman–Crippen LogP) is 1.32. The Morgan fingerprint density at radius 3 is 2.50 bits per heavy atom. The summed E-state index contributed by atoms with van der Waals surface area (Å²) in [5.74, 6) is -0.937. The van der Waals surface area contributed by atoms with Gasteiger partial charge in [0.1, 0.15) is 6.10 Å². The number of nitrogens with one attached hydrogen (secondary N) is 1. The normalized spacial score (nSPS) is 26.8. The molecule has 2 fully saturated rings. The largest absolute Gasteiger partial charge is 0.481 e. The van der Waals surface area contributed by atoms with Gasteiger partial charge in [-0.2, -0.15) is 0 Å². The molecule has 0 unspecified atom stereocenters. The number of carboxylic acid groups (broad SMARTS) is 1. The van der Waals surface area contributed by atoms with Crippen molar-refractivity contribution in [3.05, 3.63) is 0 Å². The zero-order valence-corrected chi connectivity index (χ0v) is 10.6. The van der Waals surface area contributed by atoms with E-state index in [0.29, 0.717) is 19.4 Å². The maximum atomic E-state index is 11.8. The standard InChI is InChI=1S/C13H21NO4/c15-11(10-5-4-8-18-10)14-9-13(12(16)17)6-2-1-3-7-13/h10H,1-9H2,(H,14,15)(H,16,17)/t10-/m1/s1. The van der Waals surface area contributed by atoms with Crippen molar-refractivity contribution in [1.82, 2.24) is 5.32 Å². The number of carbonyl (C=O) groups is 2. The van der Waals surface area contributed by atoms with Gasteiger partial charge in [-0.05, 0) is 25.7 Å². The minimum atomic E-state index is -0.783. The van der Waals surface area contributed by atoms with E-state index >= 15 is 0 Å². The van der Waals surface area contributed by atoms with Crippen LogP contribution in [0.15, 0.2) is 0 Å². The third-order valence-electron chi connectivity index (χ3n) is 4.09. The number of amides is 1. The van der Waals surface area contributed by atoms with E-state index in [2.05, 4.69) is 5.32 Å². The molecule has 0 bridgehead atoms. The summed E-state index contributed by atoms with van der Waals surface area (Å²) in [4.78, 5) is 23.3. The van der Waals surface area contributed by atoms with Gasteiger partial charge in [-0.25, -0.2) is 0 Å². The monoisotopic (exact) mass is 255 g/mol. The summed E-state index contributed by atoms with van der Waals surface area (Å²) in [5, 5.41) is 12.2. The average Bonchev–Trinajstić information content (AvgIpc) is 2.91. The first-order valence-electron chi connectivity index (χ1n) is 6.77. The molecule has 2 N–H and O–H groups in total. The Bertz CT molecular complexity index is 317. The van der Waals surface area contributed by atoms with E-state index in [1.54, 1.807) is 0 Å². The minimum absolute atomic E-state index is 0.154. The number of carbonyl (C=O) groups excluding carboxylic acids is 1. The third-order valence-corrected chi connectivity index (χ3v) is 4.09. The highest BCUT2D eigenvalue weighted by Gasteiger charge is 2.40. The van der Waals surface area contributed by atoms with E-state index < -0.39 is 11.4 Å². The lowest BCUT2D eigenvalue weighted by atomic mass is 9.74. The molecule has 1 atom stereocenters. The van der Waals surface area contributed by atoms with Crippen molar-refractivity contribution in [3.63, 3.8) is 0 Å². The molecule has 1 saturated carbocycles. The topological polar surface area (TPSA) is 75.6 Å². The van der Waals surface area contributed by atoms with Crippen molar-refractivity contribution in [2.75, 3.05) is 13.2 Å². The molecule has 18 heavy (non-hydrogen) atoms. The van der Waals surface area contributed by atoms with Gasteiger partial charge in [-0.15, -0.1) is 0 Å². The lowest BCUT2D eigenvalue weighted by molar-refractivity contribution is -0.151. The molecule has 1 aliphatic heterocycles. The van der Waals surface area contributed by atoms with Gasteiger partial charge in [0.05, 0.1) is 5.41 Å². The average molecular weight is 255 g/mol. The number of hydrogen-bond donors (Lipinski definition) is 2. The van der Waals surface area contributed by atoms with E-state index in [1.807, 2.05) is 0 Å². The van der Waals surface area contributed by atoms with Crippen molar-refractivity contribution in [3.8, 4) is 0 Å². The Labute approximate surface area is 107 Å². The molecule has 1 saturated heterocycles. The van der Waals surface area contributed by atoms with E-state index in [0.717, 1.165) is 32.1 Å². The minimum Gasteiger partial charge on any atom is -0.481 e. The number of hydrogen-bond acceptors (Lipinski definition) is 3. The fourth-order valence-electron chi connectivity index (χ4n) is 2.85. The molecular weight excluding hydrogens is 234 g/mol. The molecule has 1 aliphatic carbocycles. The Morgan fingerprint density at radius 2 is 1.94 bits per heavy atom. The van der Waals surface area contributed by atoms with Crippen LogP contribution in [0.25, 0.3) is 0 Å². The highest BCUT2D eigenvalue weighted by molar-refractivity contribution is 5.82. The van der Waals surface area contributed by atoms with E-state index in [9.17, 15) is 14.7 Å².